The van der Waals surface area contributed by atoms with Gasteiger partial charge < -0.3 is 10.1 Å². The van der Waals surface area contributed by atoms with Crippen LogP contribution < -0.4 is 10.1 Å². The van der Waals surface area contributed by atoms with Gasteiger partial charge in [-0.15, -0.1) is 0 Å². The number of benzene rings is 2. The predicted octanol–water partition coefficient (Wildman–Crippen LogP) is 3.60. The standard InChI is InChI=1S/C21H16F2N6O4/c22-15-3-1-2-14(10-15)12-27-9-7-20(26-27)24-21(30)17-6-8-28(25-17)13-33-19-11-16(23)4-5-18(19)29(31)32/h1-11H,12-13H2,(H,24,26,30). The average Bonchev–Trinajstić information content (AvgIpc) is 3.42. The largest absolute Gasteiger partial charge is 0.464 e. The number of rotatable bonds is 8. The molecule has 10 nitrogen and oxygen atoms in total. The molecular weight excluding hydrogens is 438 g/mol. The summed E-state index contributed by atoms with van der Waals surface area (Å²) in [6, 6.07) is 12.0. The number of hydrogen-bond acceptors (Lipinski definition) is 6. The molecule has 0 bridgehead atoms. The van der Waals surface area contributed by atoms with E-state index in [1.165, 1.54) is 29.1 Å². The molecule has 0 atom stereocenters. The number of nitro benzene ring substituents is 1. The third-order valence-corrected chi connectivity index (χ3v) is 4.46. The lowest BCUT2D eigenvalue weighted by atomic mass is 10.2. The second-order valence-corrected chi connectivity index (χ2v) is 6.87. The molecule has 0 saturated heterocycles. The second-order valence-electron chi connectivity index (χ2n) is 6.87. The number of nitrogens with zero attached hydrogens (tertiary/aromatic N) is 5. The molecule has 0 aliphatic rings. The van der Waals surface area contributed by atoms with Crippen molar-refractivity contribution in [1.82, 2.24) is 19.6 Å². The van der Waals surface area contributed by atoms with Crippen molar-refractivity contribution in [3.05, 3.63) is 100.0 Å². The molecular formula is C21H16F2N6O4. The van der Waals surface area contributed by atoms with E-state index in [-0.39, 0.29) is 29.8 Å². The molecule has 2 heterocycles. The van der Waals surface area contributed by atoms with Crippen molar-refractivity contribution in [3.63, 3.8) is 0 Å². The van der Waals surface area contributed by atoms with Gasteiger partial charge in [-0.25, -0.2) is 13.5 Å². The van der Waals surface area contributed by atoms with E-state index >= 15 is 0 Å². The average molecular weight is 454 g/mol. The summed E-state index contributed by atoms with van der Waals surface area (Å²) in [5.74, 6) is -1.56. The molecule has 33 heavy (non-hydrogen) atoms. The molecule has 168 valence electrons. The molecule has 0 radical (unpaired) electrons. The van der Waals surface area contributed by atoms with Crippen molar-refractivity contribution in [2.45, 2.75) is 13.3 Å². The molecule has 2 aromatic carbocycles. The lowest BCUT2D eigenvalue weighted by Gasteiger charge is -2.07. The van der Waals surface area contributed by atoms with Gasteiger partial charge in [0.25, 0.3) is 5.91 Å². The SMILES string of the molecule is O=C(Nc1ccn(Cc2cccc(F)c2)n1)c1ccn(COc2cc(F)ccc2[N+](=O)[O-])n1. The Morgan fingerprint density at radius 3 is 2.61 bits per heavy atom. The molecule has 12 heteroatoms. The normalized spacial score (nSPS) is 10.7. The molecule has 1 N–H and O–H groups in total. The van der Waals surface area contributed by atoms with Crippen LogP contribution in [0.2, 0.25) is 0 Å². The molecule has 0 spiro atoms. The minimum Gasteiger partial charge on any atom is -0.464 e. The Kier molecular flexibility index (Phi) is 6.06. The third-order valence-electron chi connectivity index (χ3n) is 4.46. The summed E-state index contributed by atoms with van der Waals surface area (Å²) in [5.41, 5.74) is 0.371. The zero-order valence-corrected chi connectivity index (χ0v) is 16.9. The summed E-state index contributed by atoms with van der Waals surface area (Å²) in [6.45, 7) is 0.0473. The summed E-state index contributed by atoms with van der Waals surface area (Å²) in [7, 11) is 0. The van der Waals surface area contributed by atoms with Gasteiger partial charge in [-0.05, 0) is 29.8 Å². The topological polar surface area (TPSA) is 117 Å². The summed E-state index contributed by atoms with van der Waals surface area (Å²) in [5, 5.41) is 21.9. The van der Waals surface area contributed by atoms with Gasteiger partial charge in [0, 0.05) is 30.6 Å². The number of carbonyl (C=O) groups excluding carboxylic acids is 1. The van der Waals surface area contributed by atoms with E-state index in [9.17, 15) is 23.7 Å². The van der Waals surface area contributed by atoms with Crippen molar-refractivity contribution in [3.8, 4) is 5.75 Å². The predicted molar refractivity (Wildman–Crippen MR) is 112 cm³/mol. The van der Waals surface area contributed by atoms with E-state index in [2.05, 4.69) is 15.5 Å². The summed E-state index contributed by atoms with van der Waals surface area (Å²) in [4.78, 5) is 22.8. The second kappa shape index (κ2) is 9.26. The maximum absolute atomic E-state index is 13.4. The first-order valence-corrected chi connectivity index (χ1v) is 9.57. The van der Waals surface area contributed by atoms with Gasteiger partial charge in [0.05, 0.1) is 11.5 Å². The van der Waals surface area contributed by atoms with Crippen LogP contribution in [-0.4, -0.2) is 30.4 Å². The Hall–Kier alpha value is -4.61. The van der Waals surface area contributed by atoms with Crippen LogP contribution in [0.5, 0.6) is 5.75 Å². The number of carbonyl (C=O) groups is 1. The maximum atomic E-state index is 13.4. The highest BCUT2D eigenvalue weighted by Crippen LogP contribution is 2.27. The highest BCUT2D eigenvalue weighted by Gasteiger charge is 2.17. The van der Waals surface area contributed by atoms with Gasteiger partial charge in [-0.1, -0.05) is 12.1 Å². The molecule has 2 aromatic heterocycles. The van der Waals surface area contributed by atoms with Crippen molar-refractivity contribution >= 4 is 17.4 Å². The molecule has 4 aromatic rings. The number of ether oxygens (including phenoxy) is 1. The van der Waals surface area contributed by atoms with Crippen LogP contribution in [0.15, 0.2) is 67.0 Å². The number of hydrogen-bond donors (Lipinski definition) is 1. The number of nitro groups is 1. The number of halogens is 2. The van der Waals surface area contributed by atoms with Crippen molar-refractivity contribution < 1.29 is 23.2 Å². The van der Waals surface area contributed by atoms with Crippen molar-refractivity contribution in [1.29, 1.82) is 0 Å². The Balaban J connectivity index is 1.36. The van der Waals surface area contributed by atoms with Gasteiger partial charge in [-0.2, -0.15) is 10.2 Å². The monoisotopic (exact) mass is 454 g/mol. The minimum atomic E-state index is -0.690. The van der Waals surface area contributed by atoms with E-state index in [4.69, 9.17) is 4.74 Å². The molecule has 4 rings (SSSR count). The fourth-order valence-corrected chi connectivity index (χ4v) is 2.96. The summed E-state index contributed by atoms with van der Waals surface area (Å²) < 4.78 is 34.8. The molecule has 1 amide bonds. The van der Waals surface area contributed by atoms with Crippen molar-refractivity contribution in [2.75, 3.05) is 5.32 Å². The quantitative estimate of drug-likeness (QED) is 0.321. The van der Waals surface area contributed by atoms with E-state index in [0.717, 1.165) is 18.2 Å². The van der Waals surface area contributed by atoms with Crippen LogP contribution in [0.4, 0.5) is 20.3 Å². The molecule has 0 fully saturated rings. The molecule has 0 saturated carbocycles. The molecule has 0 aliphatic carbocycles. The van der Waals surface area contributed by atoms with Gasteiger partial charge in [0.1, 0.15) is 11.6 Å². The summed E-state index contributed by atoms with van der Waals surface area (Å²) in [6.07, 6.45) is 3.07. The highest BCUT2D eigenvalue weighted by molar-refractivity contribution is 6.02. The zero-order chi connectivity index (χ0) is 23.4. The van der Waals surface area contributed by atoms with Gasteiger partial charge in [0.15, 0.2) is 18.2 Å². The van der Waals surface area contributed by atoms with E-state index in [1.807, 2.05) is 0 Å². The van der Waals surface area contributed by atoms with Crippen LogP contribution in [0, 0.1) is 21.7 Å². The fourth-order valence-electron chi connectivity index (χ4n) is 2.96. The lowest BCUT2D eigenvalue weighted by Crippen LogP contribution is -2.15. The Morgan fingerprint density at radius 2 is 1.82 bits per heavy atom. The van der Waals surface area contributed by atoms with E-state index < -0.39 is 22.3 Å². The third kappa shape index (κ3) is 5.36. The minimum absolute atomic E-state index is 0.0482. The molecule has 0 unspecified atom stereocenters. The number of amides is 1. The Bertz CT molecular complexity index is 1320. The fraction of sp³-hybridized carbons (Fsp3) is 0.0952. The van der Waals surface area contributed by atoms with Gasteiger partial charge in [-0.3, -0.25) is 19.6 Å². The molecule has 0 aliphatic heterocycles. The number of anilines is 1. The van der Waals surface area contributed by atoms with E-state index in [1.54, 1.807) is 29.1 Å². The van der Waals surface area contributed by atoms with Gasteiger partial charge in [0.2, 0.25) is 5.75 Å². The zero-order valence-electron chi connectivity index (χ0n) is 16.9. The Morgan fingerprint density at radius 1 is 1.03 bits per heavy atom. The van der Waals surface area contributed by atoms with Crippen LogP contribution in [-0.2, 0) is 13.3 Å². The van der Waals surface area contributed by atoms with Crippen LogP contribution in [0.25, 0.3) is 0 Å². The smallest absolute Gasteiger partial charge is 0.311 e. The number of nitrogens with one attached hydrogen (secondary N) is 1. The highest BCUT2D eigenvalue weighted by atomic mass is 19.1. The first-order chi connectivity index (χ1) is 15.9. The van der Waals surface area contributed by atoms with Crippen LogP contribution in [0.3, 0.4) is 0 Å². The first kappa shape index (κ1) is 21.6. The maximum Gasteiger partial charge on any atom is 0.311 e. The van der Waals surface area contributed by atoms with Crippen LogP contribution >= 0.6 is 0 Å². The van der Waals surface area contributed by atoms with Gasteiger partial charge >= 0.3 is 5.69 Å². The number of aromatic nitrogens is 4. The lowest BCUT2D eigenvalue weighted by molar-refractivity contribution is -0.386. The van der Waals surface area contributed by atoms with Crippen LogP contribution in [0.1, 0.15) is 16.1 Å². The Labute approximate surface area is 185 Å². The van der Waals surface area contributed by atoms with Crippen molar-refractivity contribution in [2.24, 2.45) is 0 Å². The first-order valence-electron chi connectivity index (χ1n) is 9.57. The summed E-state index contributed by atoms with van der Waals surface area (Å²) >= 11 is 0. The van der Waals surface area contributed by atoms with E-state index in [0.29, 0.717) is 12.1 Å².